The molecule has 0 aliphatic carbocycles. The lowest BCUT2D eigenvalue weighted by Gasteiger charge is -2.43. The van der Waals surface area contributed by atoms with Crippen molar-refractivity contribution >= 4 is 35.8 Å². The number of carbonyl (C=O) groups is 1. The van der Waals surface area contributed by atoms with E-state index in [0.29, 0.717) is 5.56 Å². The molecule has 1 fully saturated rings. The number of hydrogen-bond donors (Lipinski definition) is 3. The van der Waals surface area contributed by atoms with Crippen LogP contribution in [0.1, 0.15) is 28.8 Å². The molecule has 3 N–H and O–H groups in total. The Bertz CT molecular complexity index is 645. The van der Waals surface area contributed by atoms with Crippen molar-refractivity contribution in [3.8, 4) is 0 Å². The van der Waals surface area contributed by atoms with Gasteiger partial charge in [-0.1, -0.05) is 12.1 Å². The largest absolute Gasteiger partial charge is 0.381 e. The van der Waals surface area contributed by atoms with Crippen molar-refractivity contribution in [1.82, 2.24) is 20.9 Å². The van der Waals surface area contributed by atoms with E-state index >= 15 is 0 Å². The smallest absolute Gasteiger partial charge is 0.251 e. The van der Waals surface area contributed by atoms with E-state index in [4.69, 9.17) is 4.74 Å². The Kier molecular flexibility index (Phi) is 10.8. The van der Waals surface area contributed by atoms with Gasteiger partial charge >= 0.3 is 0 Å². The summed E-state index contributed by atoms with van der Waals surface area (Å²) in [5, 5.41) is 9.48. The predicted octanol–water partition coefficient (Wildman–Crippen LogP) is 1.48. The molecular weight excluding hydrogens is 469 g/mol. The number of likely N-dealkylation sites (N-methyl/N-ethyl adjacent to an activating group) is 1. The molecule has 28 heavy (non-hydrogen) atoms. The standard InChI is InChI=1S/C20H33N5O2.HI/c1-21-18(26)17-7-5-6-16(14-17)8-11-23-19(22-2)24-15-20(25(3)4)9-12-27-13-10-20;/h5-7,14H,8-13,15H2,1-4H3,(H,21,26)(H2,22,23,24);1H. The molecule has 0 spiro atoms. The minimum absolute atomic E-state index is 0. The van der Waals surface area contributed by atoms with Gasteiger partial charge in [-0.15, -0.1) is 24.0 Å². The maximum atomic E-state index is 11.7. The fourth-order valence-electron chi connectivity index (χ4n) is 3.34. The molecule has 1 aromatic carbocycles. The molecule has 8 heteroatoms. The molecule has 0 radical (unpaired) electrons. The zero-order valence-corrected chi connectivity index (χ0v) is 19.7. The zero-order valence-electron chi connectivity index (χ0n) is 17.4. The lowest BCUT2D eigenvalue weighted by Crippen LogP contribution is -2.57. The van der Waals surface area contributed by atoms with Crippen LogP contribution in [0.25, 0.3) is 0 Å². The van der Waals surface area contributed by atoms with Crippen LogP contribution in [0.2, 0.25) is 0 Å². The van der Waals surface area contributed by atoms with Crippen molar-refractivity contribution in [3.63, 3.8) is 0 Å². The first kappa shape index (κ1) is 24.6. The molecule has 0 bridgehead atoms. The number of amides is 1. The minimum Gasteiger partial charge on any atom is -0.381 e. The van der Waals surface area contributed by atoms with Gasteiger partial charge in [-0.25, -0.2) is 0 Å². The number of aliphatic imine (C=N–C) groups is 1. The van der Waals surface area contributed by atoms with Gasteiger partial charge in [-0.3, -0.25) is 9.79 Å². The van der Waals surface area contributed by atoms with Gasteiger partial charge in [0.05, 0.1) is 0 Å². The van der Waals surface area contributed by atoms with E-state index in [9.17, 15) is 4.79 Å². The van der Waals surface area contributed by atoms with Gasteiger partial charge in [0, 0.05) is 51.5 Å². The van der Waals surface area contributed by atoms with Crippen LogP contribution < -0.4 is 16.0 Å². The van der Waals surface area contributed by atoms with Crippen LogP contribution in [0.4, 0.5) is 0 Å². The van der Waals surface area contributed by atoms with Crippen molar-refractivity contribution in [1.29, 1.82) is 0 Å². The lowest BCUT2D eigenvalue weighted by atomic mass is 9.88. The summed E-state index contributed by atoms with van der Waals surface area (Å²) in [5.74, 6) is 0.734. The summed E-state index contributed by atoms with van der Waals surface area (Å²) < 4.78 is 5.53. The highest BCUT2D eigenvalue weighted by atomic mass is 127. The first-order valence-electron chi connectivity index (χ1n) is 9.51. The second-order valence-electron chi connectivity index (χ2n) is 7.11. The highest BCUT2D eigenvalue weighted by Gasteiger charge is 2.34. The SMILES string of the molecule is CN=C(NCCc1cccc(C(=O)NC)c1)NCC1(N(C)C)CCOCC1.I. The van der Waals surface area contributed by atoms with E-state index in [1.165, 1.54) is 0 Å². The fourth-order valence-corrected chi connectivity index (χ4v) is 3.34. The molecule has 7 nitrogen and oxygen atoms in total. The number of benzene rings is 1. The molecule has 1 heterocycles. The maximum absolute atomic E-state index is 11.7. The average Bonchev–Trinajstić information content (AvgIpc) is 2.70. The summed E-state index contributed by atoms with van der Waals surface area (Å²) in [6.45, 7) is 3.17. The van der Waals surface area contributed by atoms with E-state index in [2.05, 4.69) is 39.9 Å². The molecule has 1 aliphatic rings. The number of hydrogen-bond acceptors (Lipinski definition) is 4. The summed E-state index contributed by atoms with van der Waals surface area (Å²) in [5.41, 5.74) is 1.90. The van der Waals surface area contributed by atoms with Crippen LogP contribution in [0.3, 0.4) is 0 Å². The molecule has 0 aromatic heterocycles. The fraction of sp³-hybridized carbons (Fsp3) is 0.600. The molecule has 1 aliphatic heterocycles. The maximum Gasteiger partial charge on any atom is 0.251 e. The number of nitrogens with one attached hydrogen (secondary N) is 3. The Hall–Kier alpha value is -1.39. The molecule has 0 atom stereocenters. The number of halogens is 1. The van der Waals surface area contributed by atoms with Gasteiger partial charge in [0.1, 0.15) is 0 Å². The summed E-state index contributed by atoms with van der Waals surface area (Å²) >= 11 is 0. The van der Waals surface area contributed by atoms with E-state index in [-0.39, 0.29) is 35.4 Å². The number of ether oxygens (including phenoxy) is 1. The normalized spacial score (nSPS) is 16.2. The van der Waals surface area contributed by atoms with Crippen LogP contribution in [0.5, 0.6) is 0 Å². The Morgan fingerprint density at radius 3 is 2.57 bits per heavy atom. The van der Waals surface area contributed by atoms with Crippen LogP contribution in [0, 0.1) is 0 Å². The van der Waals surface area contributed by atoms with Gasteiger partial charge in [-0.2, -0.15) is 0 Å². The summed E-state index contributed by atoms with van der Waals surface area (Å²) in [7, 11) is 7.68. The molecule has 158 valence electrons. The first-order chi connectivity index (χ1) is 13.0. The number of rotatable bonds is 7. The van der Waals surface area contributed by atoms with E-state index < -0.39 is 0 Å². The third kappa shape index (κ3) is 6.89. The summed E-state index contributed by atoms with van der Waals surface area (Å²) in [6, 6.07) is 7.71. The molecule has 1 amide bonds. The highest BCUT2D eigenvalue weighted by molar-refractivity contribution is 14.0. The van der Waals surface area contributed by atoms with Crippen molar-refractivity contribution < 1.29 is 9.53 Å². The van der Waals surface area contributed by atoms with Crippen LogP contribution in [0.15, 0.2) is 29.3 Å². The van der Waals surface area contributed by atoms with E-state index in [1.807, 2.05) is 24.3 Å². The molecule has 0 saturated carbocycles. The molecule has 2 rings (SSSR count). The number of carbonyl (C=O) groups excluding carboxylic acids is 1. The van der Waals surface area contributed by atoms with Crippen LogP contribution in [-0.4, -0.2) is 76.8 Å². The van der Waals surface area contributed by atoms with Gasteiger partial charge in [0.25, 0.3) is 5.91 Å². The monoisotopic (exact) mass is 503 g/mol. The Balaban J connectivity index is 0.00000392. The van der Waals surface area contributed by atoms with Crippen LogP contribution in [-0.2, 0) is 11.2 Å². The zero-order chi connectivity index (χ0) is 19.7. The molecule has 1 aromatic rings. The Labute approximate surface area is 185 Å². The number of nitrogens with zero attached hydrogens (tertiary/aromatic N) is 2. The van der Waals surface area contributed by atoms with E-state index in [1.54, 1.807) is 14.1 Å². The van der Waals surface area contributed by atoms with Gasteiger partial charge in [0.2, 0.25) is 0 Å². The van der Waals surface area contributed by atoms with Crippen molar-refractivity contribution in [2.75, 3.05) is 54.5 Å². The lowest BCUT2D eigenvalue weighted by molar-refractivity contribution is -0.00501. The van der Waals surface area contributed by atoms with Gasteiger partial charge in [-0.05, 0) is 51.1 Å². The second-order valence-corrected chi connectivity index (χ2v) is 7.11. The number of guanidine groups is 1. The molecule has 1 saturated heterocycles. The Morgan fingerprint density at radius 1 is 1.25 bits per heavy atom. The summed E-state index contributed by atoms with van der Waals surface area (Å²) in [6.07, 6.45) is 2.84. The topological polar surface area (TPSA) is 78.0 Å². The second kappa shape index (κ2) is 12.2. The molecular formula is C20H34IN5O2. The van der Waals surface area contributed by atoms with Gasteiger partial charge in [0.15, 0.2) is 5.96 Å². The minimum atomic E-state index is -0.0623. The molecule has 0 unspecified atom stereocenters. The summed E-state index contributed by atoms with van der Waals surface area (Å²) in [4.78, 5) is 18.4. The Morgan fingerprint density at radius 2 is 1.96 bits per heavy atom. The van der Waals surface area contributed by atoms with Crippen molar-refractivity contribution in [2.45, 2.75) is 24.8 Å². The quantitative estimate of drug-likeness (QED) is 0.299. The van der Waals surface area contributed by atoms with Gasteiger partial charge < -0.3 is 25.6 Å². The average molecular weight is 503 g/mol. The third-order valence-electron chi connectivity index (χ3n) is 5.30. The van der Waals surface area contributed by atoms with Crippen molar-refractivity contribution in [2.24, 2.45) is 4.99 Å². The van der Waals surface area contributed by atoms with E-state index in [0.717, 1.165) is 57.1 Å². The third-order valence-corrected chi connectivity index (χ3v) is 5.30. The first-order valence-corrected chi connectivity index (χ1v) is 9.51. The predicted molar refractivity (Wildman–Crippen MR) is 125 cm³/mol. The van der Waals surface area contributed by atoms with Crippen LogP contribution >= 0.6 is 24.0 Å². The van der Waals surface area contributed by atoms with Crippen molar-refractivity contribution in [3.05, 3.63) is 35.4 Å². The highest BCUT2D eigenvalue weighted by Crippen LogP contribution is 2.24.